The molecule has 0 saturated carbocycles. The van der Waals surface area contributed by atoms with Crippen LogP contribution in [0.2, 0.25) is 0 Å². The molecule has 11 heteroatoms. The Labute approximate surface area is 214 Å². The fourth-order valence-corrected chi connectivity index (χ4v) is 3.73. The van der Waals surface area contributed by atoms with Crippen LogP contribution in [0.1, 0.15) is 41.5 Å². The van der Waals surface area contributed by atoms with Crippen molar-refractivity contribution in [3.05, 3.63) is 42.5 Å². The fourth-order valence-electron chi connectivity index (χ4n) is 3.73. The molecule has 4 bridgehead atoms. The van der Waals surface area contributed by atoms with E-state index in [1.807, 2.05) is 0 Å². The summed E-state index contributed by atoms with van der Waals surface area (Å²) in [5.74, 6) is 0.238. The molecule has 198 valence electrons. The second kappa shape index (κ2) is 9.87. The lowest BCUT2D eigenvalue weighted by Crippen LogP contribution is -2.46. The largest absolute Gasteiger partial charge is 0.492 e. The molecule has 0 spiro atoms. The third-order valence-electron chi connectivity index (χ3n) is 5.35. The Morgan fingerprint density at radius 3 is 2.35 bits per heavy atom. The van der Waals surface area contributed by atoms with Crippen molar-refractivity contribution in [2.45, 2.75) is 52.7 Å². The summed E-state index contributed by atoms with van der Waals surface area (Å²) in [6, 6.07) is 6.02. The lowest BCUT2D eigenvalue weighted by Gasteiger charge is -2.31. The van der Waals surface area contributed by atoms with E-state index in [9.17, 15) is 14.0 Å². The van der Waals surface area contributed by atoms with E-state index in [-0.39, 0.29) is 37.6 Å². The topological polar surface area (TPSA) is 98.5 Å². The molecule has 3 aromatic rings. The Morgan fingerprint density at radius 2 is 1.65 bits per heavy atom. The maximum atomic E-state index is 14.9. The van der Waals surface area contributed by atoms with Gasteiger partial charge in [-0.3, -0.25) is 4.90 Å². The van der Waals surface area contributed by atoms with Gasteiger partial charge >= 0.3 is 12.2 Å². The van der Waals surface area contributed by atoms with Gasteiger partial charge in [-0.05, 0) is 65.8 Å². The van der Waals surface area contributed by atoms with Crippen LogP contribution in [0.25, 0.3) is 16.8 Å². The number of halogens is 1. The van der Waals surface area contributed by atoms with E-state index in [1.54, 1.807) is 59.9 Å². The molecule has 0 unspecified atom stereocenters. The molecule has 10 nitrogen and oxygen atoms in total. The van der Waals surface area contributed by atoms with Gasteiger partial charge < -0.3 is 19.1 Å². The zero-order chi connectivity index (χ0) is 27.0. The Kier molecular flexibility index (Phi) is 6.98. The maximum Gasteiger partial charge on any atom is 0.416 e. The first-order valence-corrected chi connectivity index (χ1v) is 12.1. The smallest absolute Gasteiger partial charge is 0.416 e. The van der Waals surface area contributed by atoms with Crippen LogP contribution in [-0.2, 0) is 9.47 Å². The number of benzene rings is 1. The van der Waals surface area contributed by atoms with Gasteiger partial charge in [-0.2, -0.15) is 5.10 Å². The van der Waals surface area contributed by atoms with E-state index in [4.69, 9.17) is 14.2 Å². The average molecular weight is 514 g/mol. The maximum absolute atomic E-state index is 14.9. The number of hydrogen-bond acceptors (Lipinski definition) is 7. The predicted molar refractivity (Wildman–Crippen MR) is 135 cm³/mol. The molecule has 0 atom stereocenters. The molecule has 0 fully saturated rings. The van der Waals surface area contributed by atoms with Gasteiger partial charge in [0, 0.05) is 30.4 Å². The Hall–Kier alpha value is -3.89. The van der Waals surface area contributed by atoms with Crippen molar-refractivity contribution in [2.24, 2.45) is 0 Å². The minimum Gasteiger partial charge on any atom is -0.492 e. The Morgan fingerprint density at radius 1 is 0.946 bits per heavy atom. The standard InChI is InChI=1S/C26H32FN5O5/c1-25(2,3)36-23(33)30-11-12-31(24(34)37-26(4,5)6)21-9-10-32-22(29-21)19(16-28-32)18-15-17(35-14-13-30)7-8-20(18)27/h7-10,15-16H,11-14H2,1-6H3. The number of hydrogen-bond donors (Lipinski definition) is 0. The molecule has 0 saturated heterocycles. The van der Waals surface area contributed by atoms with E-state index in [0.29, 0.717) is 17.0 Å². The number of aromatic nitrogens is 3. The predicted octanol–water partition coefficient (Wildman–Crippen LogP) is 4.91. The lowest BCUT2D eigenvalue weighted by atomic mass is 10.1. The molecule has 1 aliphatic rings. The SMILES string of the molecule is CC(C)(C)OC(=O)N1CCOc2ccc(F)c(c2)-c2cnn3ccc(nc23)N(C(=O)OC(C)(C)C)CC1. The second-order valence-corrected chi connectivity index (χ2v) is 10.7. The normalized spacial score (nSPS) is 14.8. The zero-order valence-corrected chi connectivity index (χ0v) is 21.9. The van der Waals surface area contributed by atoms with Crippen molar-refractivity contribution in [2.75, 3.05) is 31.1 Å². The fraction of sp³-hybridized carbons (Fsp3) is 0.462. The van der Waals surface area contributed by atoms with Crippen LogP contribution in [-0.4, -0.2) is 69.1 Å². The van der Waals surface area contributed by atoms with Crippen LogP contribution >= 0.6 is 0 Å². The van der Waals surface area contributed by atoms with Crippen LogP contribution in [0.4, 0.5) is 19.8 Å². The zero-order valence-electron chi connectivity index (χ0n) is 21.9. The molecule has 0 aliphatic carbocycles. The van der Waals surface area contributed by atoms with E-state index in [0.717, 1.165) is 0 Å². The number of fused-ring (bicyclic) bond motifs is 4. The third-order valence-corrected chi connectivity index (χ3v) is 5.35. The molecule has 1 aliphatic heterocycles. The van der Waals surface area contributed by atoms with E-state index in [1.165, 1.54) is 32.6 Å². The van der Waals surface area contributed by atoms with Gasteiger partial charge in [0.2, 0.25) is 0 Å². The van der Waals surface area contributed by atoms with E-state index < -0.39 is 29.2 Å². The van der Waals surface area contributed by atoms with Crippen LogP contribution in [0, 0.1) is 5.82 Å². The Bertz CT molecular complexity index is 1310. The number of anilines is 1. The van der Waals surface area contributed by atoms with E-state index in [2.05, 4.69) is 10.1 Å². The molecule has 37 heavy (non-hydrogen) atoms. The first kappa shape index (κ1) is 26.2. The molecule has 0 N–H and O–H groups in total. The van der Waals surface area contributed by atoms with Gasteiger partial charge in [-0.25, -0.2) is 23.5 Å². The van der Waals surface area contributed by atoms with E-state index >= 15 is 0 Å². The van der Waals surface area contributed by atoms with Gasteiger partial charge in [0.15, 0.2) is 5.65 Å². The first-order valence-electron chi connectivity index (χ1n) is 12.1. The molecule has 1 aromatic carbocycles. The van der Waals surface area contributed by atoms with Crippen molar-refractivity contribution >= 4 is 23.7 Å². The lowest BCUT2D eigenvalue weighted by molar-refractivity contribution is 0.0225. The third kappa shape index (κ3) is 6.28. The summed E-state index contributed by atoms with van der Waals surface area (Å²) in [4.78, 5) is 33.7. The Balaban J connectivity index is 1.80. The van der Waals surface area contributed by atoms with Gasteiger partial charge in [0.1, 0.15) is 35.2 Å². The molecule has 2 amide bonds. The number of carbonyl (C=O) groups is 2. The van der Waals surface area contributed by atoms with Crippen LogP contribution in [0.3, 0.4) is 0 Å². The summed E-state index contributed by atoms with van der Waals surface area (Å²) in [6.07, 6.45) is 1.97. The second-order valence-electron chi connectivity index (χ2n) is 10.7. The van der Waals surface area contributed by atoms with Crippen molar-refractivity contribution in [1.82, 2.24) is 19.5 Å². The number of carbonyl (C=O) groups excluding carboxylic acids is 2. The summed E-state index contributed by atoms with van der Waals surface area (Å²) in [7, 11) is 0. The highest BCUT2D eigenvalue weighted by Gasteiger charge is 2.28. The molecule has 4 rings (SSSR count). The van der Waals surface area contributed by atoms with Gasteiger partial charge in [0.25, 0.3) is 0 Å². The summed E-state index contributed by atoms with van der Waals surface area (Å²) < 4.78 is 33.4. The number of amides is 2. The molecular formula is C26H32FN5O5. The van der Waals surface area contributed by atoms with Gasteiger partial charge in [-0.1, -0.05) is 0 Å². The average Bonchev–Trinajstić information content (AvgIpc) is 3.19. The quantitative estimate of drug-likeness (QED) is 0.421. The number of rotatable bonds is 0. The van der Waals surface area contributed by atoms with Crippen LogP contribution < -0.4 is 9.64 Å². The minimum absolute atomic E-state index is 0.0699. The highest BCUT2D eigenvalue weighted by Crippen LogP contribution is 2.31. The van der Waals surface area contributed by atoms with Crippen molar-refractivity contribution < 1.29 is 28.2 Å². The summed E-state index contributed by atoms with van der Waals surface area (Å²) in [6.45, 7) is 11.1. The molecular weight excluding hydrogens is 481 g/mol. The molecule has 0 radical (unpaired) electrons. The number of ether oxygens (including phenoxy) is 3. The summed E-state index contributed by atoms with van der Waals surface area (Å²) in [5.41, 5.74) is -0.421. The highest BCUT2D eigenvalue weighted by molar-refractivity contribution is 5.88. The van der Waals surface area contributed by atoms with Crippen molar-refractivity contribution in [1.29, 1.82) is 0 Å². The van der Waals surface area contributed by atoms with Crippen LogP contribution in [0.5, 0.6) is 5.75 Å². The monoisotopic (exact) mass is 513 g/mol. The highest BCUT2D eigenvalue weighted by atomic mass is 19.1. The van der Waals surface area contributed by atoms with Crippen LogP contribution in [0.15, 0.2) is 36.7 Å². The summed E-state index contributed by atoms with van der Waals surface area (Å²) in [5, 5.41) is 4.29. The molecule has 2 aromatic heterocycles. The molecule has 3 heterocycles. The minimum atomic E-state index is -0.760. The number of nitrogens with zero attached hydrogens (tertiary/aromatic N) is 5. The summed E-state index contributed by atoms with van der Waals surface area (Å²) >= 11 is 0. The van der Waals surface area contributed by atoms with Gasteiger partial charge in [0.05, 0.1) is 12.7 Å². The first-order chi connectivity index (χ1) is 17.3. The van der Waals surface area contributed by atoms with Crippen molar-refractivity contribution in [3.63, 3.8) is 0 Å². The van der Waals surface area contributed by atoms with Crippen molar-refractivity contribution in [3.8, 4) is 16.9 Å². The van der Waals surface area contributed by atoms with Gasteiger partial charge in [-0.15, -0.1) is 0 Å².